The monoisotopic (exact) mass is 246 g/mol. The molecule has 0 aliphatic carbocycles. The summed E-state index contributed by atoms with van der Waals surface area (Å²) in [6, 6.07) is 5.95. The van der Waals surface area contributed by atoms with Gasteiger partial charge in [0.25, 0.3) is 5.91 Å². The predicted octanol–water partition coefficient (Wildman–Crippen LogP) is 1.84. The van der Waals surface area contributed by atoms with E-state index in [1.165, 1.54) is 16.9 Å². The minimum atomic E-state index is -0.481. The average Bonchev–Trinajstić information content (AvgIpc) is 2.97. The number of thiazole rings is 1. The third-order valence-electron chi connectivity index (χ3n) is 2.70. The number of fused-ring (bicyclic) bond motifs is 1. The molecule has 1 aliphatic rings. The highest BCUT2D eigenvalue weighted by Crippen LogP contribution is 2.30. The smallest absolute Gasteiger partial charge is 0.277 e. The highest BCUT2D eigenvalue weighted by atomic mass is 32.1. The van der Waals surface area contributed by atoms with Gasteiger partial charge in [-0.05, 0) is 23.8 Å². The number of nitrogens with two attached hydrogens (primary N) is 1. The molecular weight excluding hydrogens is 236 g/mol. The highest BCUT2D eigenvalue weighted by molar-refractivity contribution is 7.12. The van der Waals surface area contributed by atoms with Crippen LogP contribution >= 0.6 is 11.3 Å². The van der Waals surface area contributed by atoms with E-state index < -0.39 is 5.91 Å². The Morgan fingerprint density at radius 3 is 3.12 bits per heavy atom. The molecular formula is C12H10N2O2S. The van der Waals surface area contributed by atoms with Crippen molar-refractivity contribution in [2.45, 2.75) is 6.42 Å². The highest BCUT2D eigenvalue weighted by Gasteiger charge is 2.14. The SMILES string of the molecule is NC(=O)c1nc(-c2ccc3c(c2)CCO3)cs1. The standard InChI is InChI=1S/C12H10N2O2S/c13-11(15)12-14-9(6-17-12)7-1-2-10-8(5-7)3-4-16-10/h1-2,5-6H,3-4H2,(H2,13,15). The van der Waals surface area contributed by atoms with Crippen LogP contribution in [0, 0.1) is 0 Å². The van der Waals surface area contributed by atoms with E-state index in [1.54, 1.807) is 0 Å². The van der Waals surface area contributed by atoms with Gasteiger partial charge in [0.1, 0.15) is 5.75 Å². The van der Waals surface area contributed by atoms with Crippen molar-refractivity contribution in [1.29, 1.82) is 0 Å². The molecule has 17 heavy (non-hydrogen) atoms. The van der Waals surface area contributed by atoms with Crippen molar-refractivity contribution >= 4 is 17.2 Å². The molecule has 1 aromatic heterocycles. The molecule has 2 N–H and O–H groups in total. The van der Waals surface area contributed by atoms with E-state index in [0.29, 0.717) is 5.01 Å². The van der Waals surface area contributed by atoms with E-state index in [9.17, 15) is 4.79 Å². The maximum absolute atomic E-state index is 11.0. The van der Waals surface area contributed by atoms with Crippen LogP contribution in [0.4, 0.5) is 0 Å². The summed E-state index contributed by atoms with van der Waals surface area (Å²) in [6.45, 7) is 0.738. The Labute approximate surface area is 102 Å². The van der Waals surface area contributed by atoms with E-state index in [-0.39, 0.29) is 0 Å². The van der Waals surface area contributed by atoms with Gasteiger partial charge >= 0.3 is 0 Å². The number of nitrogens with zero attached hydrogens (tertiary/aromatic N) is 1. The van der Waals surface area contributed by atoms with Gasteiger partial charge in [-0.15, -0.1) is 11.3 Å². The third-order valence-corrected chi connectivity index (χ3v) is 3.56. The molecule has 2 heterocycles. The van der Waals surface area contributed by atoms with Gasteiger partial charge in [0.2, 0.25) is 0 Å². The molecule has 0 saturated heterocycles. The minimum absolute atomic E-state index is 0.344. The zero-order valence-corrected chi connectivity index (χ0v) is 9.79. The second-order valence-electron chi connectivity index (χ2n) is 3.82. The number of aromatic nitrogens is 1. The average molecular weight is 246 g/mol. The van der Waals surface area contributed by atoms with Crippen molar-refractivity contribution < 1.29 is 9.53 Å². The number of ether oxygens (including phenoxy) is 1. The van der Waals surface area contributed by atoms with Crippen molar-refractivity contribution in [1.82, 2.24) is 4.98 Å². The first-order valence-corrected chi connectivity index (χ1v) is 6.13. The van der Waals surface area contributed by atoms with Crippen LogP contribution in [0.1, 0.15) is 15.4 Å². The molecule has 5 heteroatoms. The molecule has 86 valence electrons. The lowest BCUT2D eigenvalue weighted by Crippen LogP contribution is -2.10. The summed E-state index contributed by atoms with van der Waals surface area (Å²) in [5, 5.41) is 2.19. The Morgan fingerprint density at radius 1 is 1.47 bits per heavy atom. The fourth-order valence-electron chi connectivity index (χ4n) is 1.87. The van der Waals surface area contributed by atoms with Crippen LogP contribution in [0.3, 0.4) is 0 Å². The first kappa shape index (κ1) is 10.3. The van der Waals surface area contributed by atoms with Crippen molar-refractivity contribution in [2.24, 2.45) is 5.73 Å². The maximum Gasteiger partial charge on any atom is 0.277 e. The Morgan fingerprint density at radius 2 is 2.35 bits per heavy atom. The van der Waals surface area contributed by atoms with Gasteiger partial charge in [-0.3, -0.25) is 4.79 Å². The Bertz CT molecular complexity index is 592. The topological polar surface area (TPSA) is 65.2 Å². The number of carbonyl (C=O) groups excluding carboxylic acids is 1. The fraction of sp³-hybridized carbons (Fsp3) is 0.167. The normalized spacial score (nSPS) is 13.2. The van der Waals surface area contributed by atoms with Gasteiger partial charge in [-0.1, -0.05) is 0 Å². The van der Waals surface area contributed by atoms with Crippen LogP contribution in [0.15, 0.2) is 23.6 Å². The van der Waals surface area contributed by atoms with E-state index >= 15 is 0 Å². The number of hydrogen-bond donors (Lipinski definition) is 1. The third kappa shape index (κ3) is 1.78. The molecule has 0 fully saturated rings. The quantitative estimate of drug-likeness (QED) is 0.879. The van der Waals surface area contributed by atoms with Gasteiger partial charge in [0.15, 0.2) is 5.01 Å². The number of hydrogen-bond acceptors (Lipinski definition) is 4. The van der Waals surface area contributed by atoms with E-state index in [4.69, 9.17) is 10.5 Å². The molecule has 0 bridgehead atoms. The first-order valence-electron chi connectivity index (χ1n) is 5.25. The van der Waals surface area contributed by atoms with E-state index in [0.717, 1.165) is 30.0 Å². The summed E-state index contributed by atoms with van der Waals surface area (Å²) in [5.41, 5.74) is 8.16. The first-order chi connectivity index (χ1) is 8.24. The van der Waals surface area contributed by atoms with E-state index in [2.05, 4.69) is 11.1 Å². The fourth-order valence-corrected chi connectivity index (χ4v) is 2.54. The Balaban J connectivity index is 2.00. The van der Waals surface area contributed by atoms with Crippen LogP contribution in [0.2, 0.25) is 0 Å². The van der Waals surface area contributed by atoms with Crippen LogP contribution in [0.5, 0.6) is 5.75 Å². The number of benzene rings is 1. The zero-order valence-electron chi connectivity index (χ0n) is 8.97. The van der Waals surface area contributed by atoms with Crippen LogP contribution in [-0.2, 0) is 6.42 Å². The summed E-state index contributed by atoms with van der Waals surface area (Å²) in [7, 11) is 0. The van der Waals surface area contributed by atoms with Gasteiger partial charge < -0.3 is 10.5 Å². The Kier molecular flexibility index (Phi) is 2.33. The number of amides is 1. The molecule has 0 saturated carbocycles. The lowest BCUT2D eigenvalue weighted by Gasteiger charge is -2.01. The number of primary amides is 1. The molecule has 1 amide bonds. The van der Waals surface area contributed by atoms with Crippen molar-refractivity contribution in [3.63, 3.8) is 0 Å². The number of rotatable bonds is 2. The number of carbonyl (C=O) groups is 1. The van der Waals surface area contributed by atoms with Gasteiger partial charge in [-0.2, -0.15) is 0 Å². The van der Waals surface area contributed by atoms with Gasteiger partial charge in [-0.25, -0.2) is 4.98 Å². The van der Waals surface area contributed by atoms with Crippen LogP contribution in [0.25, 0.3) is 11.3 Å². The van der Waals surface area contributed by atoms with Crippen molar-refractivity contribution in [3.8, 4) is 17.0 Å². The lowest BCUT2D eigenvalue weighted by atomic mass is 10.1. The second-order valence-corrected chi connectivity index (χ2v) is 4.68. The van der Waals surface area contributed by atoms with Crippen molar-refractivity contribution in [2.75, 3.05) is 6.61 Å². The molecule has 4 nitrogen and oxygen atoms in total. The molecule has 0 radical (unpaired) electrons. The van der Waals surface area contributed by atoms with E-state index in [1.807, 2.05) is 17.5 Å². The second kappa shape index (κ2) is 3.85. The summed E-state index contributed by atoms with van der Waals surface area (Å²) in [4.78, 5) is 15.2. The van der Waals surface area contributed by atoms with Crippen molar-refractivity contribution in [3.05, 3.63) is 34.2 Å². The molecule has 1 aliphatic heterocycles. The summed E-state index contributed by atoms with van der Waals surface area (Å²) in [5.74, 6) is 0.463. The molecule has 0 unspecified atom stereocenters. The van der Waals surface area contributed by atoms with Gasteiger partial charge in [0, 0.05) is 17.4 Å². The predicted molar refractivity (Wildman–Crippen MR) is 65.3 cm³/mol. The largest absolute Gasteiger partial charge is 0.493 e. The lowest BCUT2D eigenvalue weighted by molar-refractivity contribution is 0.1000. The molecule has 2 aromatic rings. The zero-order chi connectivity index (χ0) is 11.8. The van der Waals surface area contributed by atoms with Crippen LogP contribution in [-0.4, -0.2) is 17.5 Å². The summed E-state index contributed by atoms with van der Waals surface area (Å²) in [6.07, 6.45) is 0.927. The summed E-state index contributed by atoms with van der Waals surface area (Å²) >= 11 is 1.27. The molecule has 0 atom stereocenters. The minimum Gasteiger partial charge on any atom is -0.493 e. The molecule has 0 spiro atoms. The molecule has 1 aromatic carbocycles. The van der Waals surface area contributed by atoms with Gasteiger partial charge in [0.05, 0.1) is 12.3 Å². The molecule has 3 rings (SSSR count). The summed E-state index contributed by atoms with van der Waals surface area (Å²) < 4.78 is 5.44. The maximum atomic E-state index is 11.0. The Hall–Kier alpha value is -1.88. The van der Waals surface area contributed by atoms with Crippen LogP contribution < -0.4 is 10.5 Å².